The number of hydrogen-bond acceptors (Lipinski definition) is 4. The summed E-state index contributed by atoms with van der Waals surface area (Å²) in [6.45, 7) is 0. The minimum atomic E-state index is -0.403. The molecule has 0 bridgehead atoms. The molecule has 4 atom stereocenters. The van der Waals surface area contributed by atoms with Crippen molar-refractivity contribution in [3.63, 3.8) is 0 Å². The second-order valence-corrected chi connectivity index (χ2v) is 10.4. The maximum atomic E-state index is 13.0. The predicted molar refractivity (Wildman–Crippen MR) is 127 cm³/mol. The van der Waals surface area contributed by atoms with Gasteiger partial charge in [-0.3, -0.25) is 19.3 Å². The molecule has 31 heavy (non-hydrogen) atoms. The average Bonchev–Trinajstić information content (AvgIpc) is 2.98. The molecule has 4 rings (SSSR count). The summed E-state index contributed by atoms with van der Waals surface area (Å²) < 4.78 is 5.26. The van der Waals surface area contributed by atoms with E-state index in [9.17, 15) is 14.4 Å². The SMILES string of the molecule is COc1ccc(Cl)cc1NC(=O)c1cccc(N2C(=O)[C@H]3C[C@H](Br)[C@@H](Br)C[C@H]3C2=O)c1. The van der Waals surface area contributed by atoms with Gasteiger partial charge in [0.1, 0.15) is 5.75 Å². The highest BCUT2D eigenvalue weighted by atomic mass is 79.9. The first-order chi connectivity index (χ1) is 14.8. The minimum absolute atomic E-state index is 0.134. The Kier molecular flexibility index (Phi) is 6.42. The Morgan fingerprint density at radius 1 is 1.06 bits per heavy atom. The zero-order valence-corrected chi connectivity index (χ0v) is 20.4. The Balaban J connectivity index is 1.59. The molecule has 0 unspecified atom stereocenters. The molecular weight excluding hydrogens is 552 g/mol. The summed E-state index contributed by atoms with van der Waals surface area (Å²) in [4.78, 5) is 40.4. The molecule has 1 aliphatic heterocycles. The van der Waals surface area contributed by atoms with E-state index >= 15 is 0 Å². The van der Waals surface area contributed by atoms with Crippen molar-refractivity contribution in [3.8, 4) is 5.75 Å². The molecule has 1 heterocycles. The quantitative estimate of drug-likeness (QED) is 0.414. The zero-order chi connectivity index (χ0) is 22.3. The number of benzene rings is 2. The van der Waals surface area contributed by atoms with E-state index in [4.69, 9.17) is 16.3 Å². The van der Waals surface area contributed by atoms with Gasteiger partial charge < -0.3 is 10.1 Å². The molecule has 2 aromatic carbocycles. The van der Waals surface area contributed by atoms with Gasteiger partial charge >= 0.3 is 0 Å². The number of nitrogens with zero attached hydrogens (tertiary/aromatic N) is 1. The summed E-state index contributed by atoms with van der Waals surface area (Å²) in [6.07, 6.45) is 1.19. The lowest BCUT2D eigenvalue weighted by Gasteiger charge is -2.29. The van der Waals surface area contributed by atoms with E-state index in [1.165, 1.54) is 12.0 Å². The van der Waals surface area contributed by atoms with E-state index in [2.05, 4.69) is 37.2 Å². The fourth-order valence-electron chi connectivity index (χ4n) is 4.11. The number of fused-ring (bicyclic) bond motifs is 1. The summed E-state index contributed by atoms with van der Waals surface area (Å²) in [5, 5.41) is 3.23. The third-order valence-corrected chi connectivity index (χ3v) is 8.66. The van der Waals surface area contributed by atoms with Crippen LogP contribution in [0.5, 0.6) is 5.75 Å². The molecule has 1 aliphatic carbocycles. The number of anilines is 2. The average molecular weight is 571 g/mol. The van der Waals surface area contributed by atoms with Crippen molar-refractivity contribution in [2.75, 3.05) is 17.3 Å². The van der Waals surface area contributed by atoms with Crippen molar-refractivity contribution >= 4 is 72.6 Å². The maximum Gasteiger partial charge on any atom is 0.255 e. The number of ether oxygens (including phenoxy) is 1. The predicted octanol–water partition coefficient (Wildman–Crippen LogP) is 5.03. The standard InChI is InChI=1S/C22H19Br2ClN2O4/c1-31-19-6-5-12(25)8-18(19)26-20(28)11-3-2-4-13(7-11)27-21(29)14-9-16(23)17(24)10-15(14)22(27)30/h2-8,14-17H,9-10H2,1H3,(H,26,28)/t14-,15+,16-,17-/m0/s1. The third-order valence-electron chi connectivity index (χ3n) is 5.69. The minimum Gasteiger partial charge on any atom is -0.495 e. The maximum absolute atomic E-state index is 13.0. The number of rotatable bonds is 4. The van der Waals surface area contributed by atoms with Crippen LogP contribution in [0.1, 0.15) is 23.2 Å². The van der Waals surface area contributed by atoms with Gasteiger partial charge in [-0.25, -0.2) is 0 Å². The van der Waals surface area contributed by atoms with Crippen LogP contribution in [0.25, 0.3) is 0 Å². The normalized spacial score (nSPS) is 25.4. The van der Waals surface area contributed by atoms with Crippen molar-refractivity contribution in [3.05, 3.63) is 53.1 Å². The van der Waals surface area contributed by atoms with Crippen molar-refractivity contribution in [2.24, 2.45) is 11.8 Å². The number of hydrogen-bond donors (Lipinski definition) is 1. The molecular formula is C22H19Br2ClN2O4. The summed E-state index contributed by atoms with van der Waals surface area (Å²) in [5.41, 5.74) is 1.13. The summed E-state index contributed by atoms with van der Waals surface area (Å²) >= 11 is 13.2. The molecule has 1 N–H and O–H groups in total. The van der Waals surface area contributed by atoms with Gasteiger partial charge in [0.15, 0.2) is 0 Å². The largest absolute Gasteiger partial charge is 0.495 e. The van der Waals surface area contributed by atoms with Crippen LogP contribution in [-0.4, -0.2) is 34.5 Å². The topological polar surface area (TPSA) is 75.7 Å². The van der Waals surface area contributed by atoms with Crippen molar-refractivity contribution in [1.82, 2.24) is 0 Å². The highest BCUT2D eigenvalue weighted by Gasteiger charge is 2.52. The number of nitrogens with one attached hydrogen (secondary N) is 1. The van der Waals surface area contributed by atoms with Gasteiger partial charge in [0.2, 0.25) is 11.8 Å². The molecule has 0 radical (unpaired) electrons. The van der Waals surface area contributed by atoms with Gasteiger partial charge in [-0.15, -0.1) is 0 Å². The van der Waals surface area contributed by atoms with E-state index in [0.717, 1.165) is 0 Å². The number of halogens is 3. The molecule has 6 nitrogen and oxygen atoms in total. The van der Waals surface area contributed by atoms with Crippen molar-refractivity contribution in [1.29, 1.82) is 0 Å². The Hall–Kier alpha value is -1.90. The van der Waals surface area contributed by atoms with Crippen LogP contribution in [0, 0.1) is 11.8 Å². The number of alkyl halides is 2. The van der Waals surface area contributed by atoms with Crippen LogP contribution >= 0.6 is 43.5 Å². The Labute approximate surface area is 201 Å². The van der Waals surface area contributed by atoms with Crippen molar-refractivity contribution < 1.29 is 19.1 Å². The van der Waals surface area contributed by atoms with E-state index < -0.39 is 5.91 Å². The second-order valence-electron chi connectivity index (χ2n) is 7.58. The second kappa shape index (κ2) is 8.92. The molecule has 1 saturated heterocycles. The summed E-state index contributed by atoms with van der Waals surface area (Å²) in [5.74, 6) is -1.06. The number of methoxy groups -OCH3 is 1. The van der Waals surface area contributed by atoms with Crippen LogP contribution in [0.4, 0.5) is 11.4 Å². The number of carbonyl (C=O) groups excluding carboxylic acids is 3. The van der Waals surface area contributed by atoms with E-state index in [1.54, 1.807) is 42.5 Å². The molecule has 1 saturated carbocycles. The Morgan fingerprint density at radius 3 is 2.32 bits per heavy atom. The number of amides is 3. The fourth-order valence-corrected chi connectivity index (χ4v) is 5.52. The molecule has 9 heteroatoms. The highest BCUT2D eigenvalue weighted by molar-refractivity contribution is 9.12. The molecule has 0 aromatic heterocycles. The highest BCUT2D eigenvalue weighted by Crippen LogP contribution is 2.44. The number of imide groups is 1. The van der Waals surface area contributed by atoms with Gasteiger partial charge in [-0.2, -0.15) is 0 Å². The number of carbonyl (C=O) groups is 3. The fraction of sp³-hybridized carbons (Fsp3) is 0.318. The molecule has 0 spiro atoms. The van der Waals surface area contributed by atoms with Crippen LogP contribution in [0.3, 0.4) is 0 Å². The van der Waals surface area contributed by atoms with Gasteiger partial charge in [-0.05, 0) is 49.2 Å². The van der Waals surface area contributed by atoms with Gasteiger partial charge in [-0.1, -0.05) is 49.5 Å². The lowest BCUT2D eigenvalue weighted by atomic mass is 9.81. The first-order valence-corrected chi connectivity index (χ1v) is 11.9. The van der Waals surface area contributed by atoms with Gasteiger partial charge in [0.05, 0.1) is 30.3 Å². The van der Waals surface area contributed by atoms with E-state index in [0.29, 0.717) is 40.6 Å². The van der Waals surface area contributed by atoms with E-state index in [1.807, 2.05) is 0 Å². The molecule has 162 valence electrons. The molecule has 2 fully saturated rings. The van der Waals surface area contributed by atoms with Crippen LogP contribution in [-0.2, 0) is 9.59 Å². The smallest absolute Gasteiger partial charge is 0.255 e. The summed E-state index contributed by atoms with van der Waals surface area (Å²) in [7, 11) is 1.50. The van der Waals surface area contributed by atoms with Gasteiger partial charge in [0.25, 0.3) is 5.91 Å². The lowest BCUT2D eigenvalue weighted by molar-refractivity contribution is -0.122. The summed E-state index contributed by atoms with van der Waals surface area (Å²) in [6, 6.07) is 11.4. The van der Waals surface area contributed by atoms with E-state index in [-0.39, 0.29) is 33.3 Å². The zero-order valence-electron chi connectivity index (χ0n) is 16.5. The first-order valence-electron chi connectivity index (χ1n) is 9.71. The van der Waals surface area contributed by atoms with Crippen molar-refractivity contribution in [2.45, 2.75) is 22.5 Å². The molecule has 2 aromatic rings. The Bertz CT molecular complexity index is 1040. The van der Waals surface area contributed by atoms with Crippen LogP contribution < -0.4 is 15.0 Å². The Morgan fingerprint density at radius 2 is 1.71 bits per heavy atom. The first kappa shape index (κ1) is 22.3. The van der Waals surface area contributed by atoms with Crippen LogP contribution in [0.15, 0.2) is 42.5 Å². The monoisotopic (exact) mass is 568 g/mol. The molecule has 2 aliphatic rings. The molecule has 3 amide bonds. The lowest BCUT2D eigenvalue weighted by Crippen LogP contribution is -2.34. The van der Waals surface area contributed by atoms with Crippen LogP contribution in [0.2, 0.25) is 5.02 Å². The van der Waals surface area contributed by atoms with Gasteiger partial charge in [0, 0.05) is 20.2 Å². The third kappa shape index (κ3) is 4.25.